The Morgan fingerprint density at radius 1 is 1.09 bits per heavy atom. The van der Waals surface area contributed by atoms with Gasteiger partial charge in [-0.15, -0.1) is 5.10 Å². The highest BCUT2D eigenvalue weighted by Gasteiger charge is 2.24. The van der Waals surface area contributed by atoms with Gasteiger partial charge in [-0.2, -0.15) is 5.10 Å². The quantitative estimate of drug-likeness (QED) is 0.416. The summed E-state index contributed by atoms with van der Waals surface area (Å²) in [5, 5.41) is 10.5. The summed E-state index contributed by atoms with van der Waals surface area (Å²) in [7, 11) is 0. The second-order valence-corrected chi connectivity index (χ2v) is 7.12. The zero-order valence-electron chi connectivity index (χ0n) is 17.0. The van der Waals surface area contributed by atoms with Crippen molar-refractivity contribution >= 4 is 22.9 Å². The average Bonchev–Trinajstić information content (AvgIpc) is 3.32. The van der Waals surface area contributed by atoms with Gasteiger partial charge in [-0.1, -0.05) is 12.1 Å². The topological polar surface area (TPSA) is 90.5 Å². The number of nitrogens with one attached hydrogen (secondary N) is 1. The molecular formula is C20H16F5N7O. The Kier molecular flexibility index (Phi) is 6.03. The summed E-state index contributed by atoms with van der Waals surface area (Å²) in [5.41, 5.74) is -0.816. The van der Waals surface area contributed by atoms with Crippen LogP contribution in [0.5, 0.6) is 0 Å². The molecule has 1 aromatic carbocycles. The number of hydrogen-bond acceptors (Lipinski definition) is 5. The predicted molar refractivity (Wildman–Crippen MR) is 106 cm³/mol. The van der Waals surface area contributed by atoms with Gasteiger partial charge in [-0.25, -0.2) is 41.3 Å². The first-order valence-corrected chi connectivity index (χ1v) is 9.59. The molecule has 0 saturated carbocycles. The van der Waals surface area contributed by atoms with Gasteiger partial charge in [-0.3, -0.25) is 10.1 Å². The molecule has 0 aliphatic heterocycles. The second-order valence-electron chi connectivity index (χ2n) is 7.12. The smallest absolute Gasteiger partial charge is 0.280 e. The lowest BCUT2D eigenvalue weighted by Gasteiger charge is -2.08. The van der Waals surface area contributed by atoms with Gasteiger partial charge in [0.2, 0.25) is 11.9 Å². The summed E-state index contributed by atoms with van der Waals surface area (Å²) in [6.45, 7) is 1.22. The molecule has 0 aliphatic rings. The molecule has 4 rings (SSSR count). The summed E-state index contributed by atoms with van der Waals surface area (Å²) >= 11 is 0. The molecule has 13 heteroatoms. The van der Waals surface area contributed by atoms with Gasteiger partial charge in [0.05, 0.1) is 17.6 Å². The van der Waals surface area contributed by atoms with E-state index in [2.05, 4.69) is 25.5 Å². The number of fused-ring (bicyclic) bond motifs is 1. The first kappa shape index (κ1) is 22.3. The third-order valence-corrected chi connectivity index (χ3v) is 4.73. The SMILES string of the molecule is Cc1nn(CC(=O)Nc2ncn(Cc3ccc(F)cc3)n2)c2nc(C(F)F)cc(C(F)F)c12. The van der Waals surface area contributed by atoms with Gasteiger partial charge >= 0.3 is 0 Å². The van der Waals surface area contributed by atoms with Gasteiger partial charge in [0.15, 0.2) is 5.65 Å². The van der Waals surface area contributed by atoms with E-state index in [0.29, 0.717) is 6.07 Å². The average molecular weight is 465 g/mol. The third-order valence-electron chi connectivity index (χ3n) is 4.73. The van der Waals surface area contributed by atoms with Crippen molar-refractivity contribution < 1.29 is 26.7 Å². The third kappa shape index (κ3) is 4.81. The van der Waals surface area contributed by atoms with Crippen molar-refractivity contribution in [3.63, 3.8) is 0 Å². The van der Waals surface area contributed by atoms with Gasteiger partial charge in [0.25, 0.3) is 12.9 Å². The standard InChI is InChI=1S/C20H16F5N7O/c1-10-16-13(17(22)23)6-14(18(24)25)27-19(16)32(29-10)8-15(33)28-20-26-9-31(30-20)7-11-2-4-12(21)5-3-11/h2-6,9,17-18H,7-8H2,1H3,(H,28,30,33). The van der Waals surface area contributed by atoms with E-state index in [-0.39, 0.29) is 35.0 Å². The van der Waals surface area contributed by atoms with Crippen molar-refractivity contribution in [1.82, 2.24) is 29.5 Å². The van der Waals surface area contributed by atoms with E-state index in [1.54, 1.807) is 12.1 Å². The molecule has 0 unspecified atom stereocenters. The van der Waals surface area contributed by atoms with Crippen molar-refractivity contribution in [1.29, 1.82) is 0 Å². The molecule has 3 heterocycles. The van der Waals surface area contributed by atoms with Crippen molar-refractivity contribution in [2.24, 2.45) is 0 Å². The fraction of sp³-hybridized carbons (Fsp3) is 0.250. The molecule has 0 radical (unpaired) electrons. The molecule has 0 fully saturated rings. The number of alkyl halides is 4. The molecule has 0 aliphatic carbocycles. The second kappa shape index (κ2) is 8.92. The Hall–Kier alpha value is -3.90. The van der Waals surface area contributed by atoms with Crippen LogP contribution in [0, 0.1) is 12.7 Å². The highest BCUT2D eigenvalue weighted by molar-refractivity contribution is 5.90. The largest absolute Gasteiger partial charge is 0.292 e. The van der Waals surface area contributed by atoms with Crippen LogP contribution >= 0.6 is 0 Å². The van der Waals surface area contributed by atoms with Crippen molar-refractivity contribution in [2.45, 2.75) is 32.9 Å². The number of aryl methyl sites for hydroxylation is 1. The zero-order chi connectivity index (χ0) is 23.7. The predicted octanol–water partition coefficient (Wildman–Crippen LogP) is 4.03. The van der Waals surface area contributed by atoms with Gasteiger partial charge < -0.3 is 0 Å². The van der Waals surface area contributed by atoms with Crippen LogP contribution in [0.3, 0.4) is 0 Å². The maximum absolute atomic E-state index is 13.4. The Bertz CT molecular complexity index is 1300. The Morgan fingerprint density at radius 3 is 2.48 bits per heavy atom. The van der Waals surface area contributed by atoms with Crippen molar-refractivity contribution in [3.05, 3.63) is 65.0 Å². The number of pyridine rings is 1. The molecule has 33 heavy (non-hydrogen) atoms. The van der Waals surface area contributed by atoms with Crippen LogP contribution in [0.15, 0.2) is 36.7 Å². The van der Waals surface area contributed by atoms with Crippen LogP contribution < -0.4 is 5.32 Å². The Morgan fingerprint density at radius 2 is 1.82 bits per heavy atom. The molecule has 172 valence electrons. The number of anilines is 1. The summed E-state index contributed by atoms with van der Waals surface area (Å²) in [5.74, 6) is -1.07. The summed E-state index contributed by atoms with van der Waals surface area (Å²) in [4.78, 5) is 20.1. The fourth-order valence-corrected chi connectivity index (χ4v) is 3.31. The van der Waals surface area contributed by atoms with Crippen LogP contribution in [-0.4, -0.2) is 35.4 Å². The van der Waals surface area contributed by atoms with E-state index >= 15 is 0 Å². The number of carbonyl (C=O) groups excluding carboxylic acids is 1. The van der Waals surface area contributed by atoms with Gasteiger partial charge in [0.1, 0.15) is 24.4 Å². The normalized spacial score (nSPS) is 11.6. The number of halogens is 5. The monoisotopic (exact) mass is 465 g/mol. The number of amides is 1. The lowest BCUT2D eigenvalue weighted by atomic mass is 10.1. The zero-order valence-corrected chi connectivity index (χ0v) is 17.0. The number of benzene rings is 1. The van der Waals surface area contributed by atoms with E-state index in [1.165, 1.54) is 30.1 Å². The fourth-order valence-electron chi connectivity index (χ4n) is 3.31. The van der Waals surface area contributed by atoms with Crippen LogP contribution in [0.4, 0.5) is 27.9 Å². The molecule has 1 amide bonds. The molecule has 8 nitrogen and oxygen atoms in total. The first-order chi connectivity index (χ1) is 15.7. The maximum Gasteiger partial charge on any atom is 0.280 e. The first-order valence-electron chi connectivity index (χ1n) is 9.59. The molecule has 0 spiro atoms. The van der Waals surface area contributed by atoms with E-state index in [0.717, 1.165) is 10.2 Å². The highest BCUT2D eigenvalue weighted by atomic mass is 19.3. The summed E-state index contributed by atoms with van der Waals surface area (Å²) < 4.78 is 68.6. The Balaban J connectivity index is 1.52. The van der Waals surface area contributed by atoms with E-state index < -0.39 is 36.6 Å². The van der Waals surface area contributed by atoms with E-state index in [1.807, 2.05) is 0 Å². The van der Waals surface area contributed by atoms with Crippen LogP contribution in [0.25, 0.3) is 11.0 Å². The number of rotatable bonds is 7. The molecular weight excluding hydrogens is 449 g/mol. The van der Waals surface area contributed by atoms with E-state index in [4.69, 9.17) is 0 Å². The van der Waals surface area contributed by atoms with Gasteiger partial charge in [0, 0.05) is 5.56 Å². The Labute approximate surface area is 183 Å². The van der Waals surface area contributed by atoms with Crippen LogP contribution in [0.2, 0.25) is 0 Å². The molecule has 0 saturated heterocycles. The molecule has 1 N–H and O–H groups in total. The van der Waals surface area contributed by atoms with Gasteiger partial charge in [-0.05, 0) is 30.7 Å². The summed E-state index contributed by atoms with van der Waals surface area (Å²) in [6, 6.07) is 6.41. The highest BCUT2D eigenvalue weighted by Crippen LogP contribution is 2.32. The van der Waals surface area contributed by atoms with Crippen molar-refractivity contribution in [3.8, 4) is 0 Å². The summed E-state index contributed by atoms with van der Waals surface area (Å²) in [6.07, 6.45) is -4.73. The molecule has 4 aromatic rings. The molecule has 0 bridgehead atoms. The van der Waals surface area contributed by atoms with Crippen LogP contribution in [0.1, 0.15) is 35.4 Å². The van der Waals surface area contributed by atoms with E-state index in [9.17, 15) is 26.7 Å². The minimum atomic E-state index is -3.07. The molecule has 0 atom stereocenters. The lowest BCUT2D eigenvalue weighted by molar-refractivity contribution is -0.116. The number of hydrogen-bond donors (Lipinski definition) is 1. The lowest BCUT2D eigenvalue weighted by Crippen LogP contribution is -2.21. The number of nitrogens with zero attached hydrogens (tertiary/aromatic N) is 6. The number of aromatic nitrogens is 6. The maximum atomic E-state index is 13.4. The minimum Gasteiger partial charge on any atom is -0.292 e. The van der Waals surface area contributed by atoms with Crippen molar-refractivity contribution in [2.75, 3.05) is 5.32 Å². The molecule has 3 aromatic heterocycles. The minimum absolute atomic E-state index is 0.0372. The van der Waals surface area contributed by atoms with Crippen LogP contribution in [-0.2, 0) is 17.9 Å². The number of carbonyl (C=O) groups is 1.